The summed E-state index contributed by atoms with van der Waals surface area (Å²) in [6, 6.07) is 1.37. The van der Waals surface area contributed by atoms with Crippen LogP contribution in [0.15, 0.2) is 23.5 Å². The van der Waals surface area contributed by atoms with Crippen LogP contribution in [-0.4, -0.2) is 78.1 Å². The smallest absolute Gasteiger partial charge is 0.229 e. The molecule has 0 aliphatic carbocycles. The molecular formula is C18H22F3N5O3. The molecule has 29 heavy (non-hydrogen) atoms. The van der Waals surface area contributed by atoms with Gasteiger partial charge in [-0.25, -0.2) is 18.6 Å². The second-order valence-electron chi connectivity index (χ2n) is 7.00. The number of carbonyl (C=O) groups excluding carboxylic acids is 2. The molecule has 0 radical (unpaired) electrons. The van der Waals surface area contributed by atoms with Gasteiger partial charge in [0, 0.05) is 37.5 Å². The molecule has 1 aromatic rings. The Morgan fingerprint density at radius 3 is 2.48 bits per heavy atom. The maximum Gasteiger partial charge on any atom is 0.229 e. The molecule has 2 amide bonds. The summed E-state index contributed by atoms with van der Waals surface area (Å²) in [5, 5.41) is 13.7. The summed E-state index contributed by atoms with van der Waals surface area (Å²) in [6.07, 6.45) is -0.00961. The van der Waals surface area contributed by atoms with Crippen LogP contribution in [0.1, 0.15) is 6.42 Å². The van der Waals surface area contributed by atoms with Gasteiger partial charge in [-0.1, -0.05) is 0 Å². The largest absolute Gasteiger partial charge is 0.391 e. The molecule has 0 spiro atoms. The Hall–Kier alpha value is -2.63. The molecule has 2 saturated heterocycles. The van der Waals surface area contributed by atoms with Crippen molar-refractivity contribution in [3.8, 4) is 0 Å². The quantitative estimate of drug-likeness (QED) is 0.486. The SMILES string of the molecule is CN1CCN2NCC(N3CC(O)CC3=O)=C2C1.O=CNc1cc(F)c(F)c(F)c1. The second-order valence-corrected chi connectivity index (χ2v) is 7.00. The third kappa shape index (κ3) is 4.69. The normalized spacial score (nSPS) is 21.8. The molecule has 3 heterocycles. The van der Waals surface area contributed by atoms with Crippen molar-refractivity contribution in [1.82, 2.24) is 20.2 Å². The van der Waals surface area contributed by atoms with Gasteiger partial charge in [0.2, 0.25) is 12.3 Å². The first-order valence-electron chi connectivity index (χ1n) is 9.05. The highest BCUT2D eigenvalue weighted by atomic mass is 19.2. The minimum absolute atomic E-state index is 0.0388. The van der Waals surface area contributed by atoms with Crippen molar-refractivity contribution in [2.24, 2.45) is 0 Å². The van der Waals surface area contributed by atoms with Crippen LogP contribution in [0.25, 0.3) is 0 Å². The van der Waals surface area contributed by atoms with Crippen molar-refractivity contribution in [2.75, 3.05) is 45.1 Å². The van der Waals surface area contributed by atoms with Crippen molar-refractivity contribution in [1.29, 1.82) is 0 Å². The van der Waals surface area contributed by atoms with Crippen molar-refractivity contribution in [2.45, 2.75) is 12.5 Å². The molecule has 0 bridgehead atoms. The topological polar surface area (TPSA) is 88.2 Å². The molecule has 1 unspecified atom stereocenters. The summed E-state index contributed by atoms with van der Waals surface area (Å²) in [5.74, 6) is -4.18. The number of rotatable bonds is 3. The van der Waals surface area contributed by atoms with Crippen LogP contribution < -0.4 is 10.7 Å². The van der Waals surface area contributed by atoms with Crippen molar-refractivity contribution < 1.29 is 27.9 Å². The van der Waals surface area contributed by atoms with Gasteiger partial charge < -0.3 is 20.3 Å². The van der Waals surface area contributed by atoms with E-state index in [1.54, 1.807) is 4.90 Å². The van der Waals surface area contributed by atoms with Crippen LogP contribution in [0.5, 0.6) is 0 Å². The molecule has 4 rings (SSSR count). The lowest BCUT2D eigenvalue weighted by atomic mass is 10.2. The number of amides is 2. The zero-order chi connectivity index (χ0) is 21.1. The predicted molar refractivity (Wildman–Crippen MR) is 97.6 cm³/mol. The lowest BCUT2D eigenvalue weighted by Crippen LogP contribution is -2.45. The van der Waals surface area contributed by atoms with E-state index in [4.69, 9.17) is 0 Å². The number of hydrazine groups is 1. The average molecular weight is 413 g/mol. The van der Waals surface area contributed by atoms with Gasteiger partial charge in [-0.3, -0.25) is 14.5 Å². The first kappa shape index (κ1) is 21.1. The maximum absolute atomic E-state index is 12.4. The summed E-state index contributed by atoms with van der Waals surface area (Å²) in [7, 11) is 2.08. The van der Waals surface area contributed by atoms with Gasteiger partial charge in [0.15, 0.2) is 17.5 Å². The fourth-order valence-corrected chi connectivity index (χ4v) is 3.43. The van der Waals surface area contributed by atoms with Gasteiger partial charge >= 0.3 is 0 Å². The molecule has 158 valence electrons. The van der Waals surface area contributed by atoms with Gasteiger partial charge in [0.25, 0.3) is 0 Å². The summed E-state index contributed by atoms with van der Waals surface area (Å²) in [5.41, 5.74) is 5.40. The van der Waals surface area contributed by atoms with E-state index in [0.29, 0.717) is 25.2 Å². The highest BCUT2D eigenvalue weighted by Crippen LogP contribution is 2.26. The Morgan fingerprint density at radius 2 is 1.90 bits per heavy atom. The van der Waals surface area contributed by atoms with E-state index in [9.17, 15) is 27.9 Å². The van der Waals surface area contributed by atoms with E-state index < -0.39 is 23.6 Å². The van der Waals surface area contributed by atoms with Crippen molar-refractivity contribution in [3.05, 3.63) is 41.0 Å². The number of hydrogen-bond donors (Lipinski definition) is 3. The van der Waals surface area contributed by atoms with Gasteiger partial charge in [0.05, 0.1) is 37.0 Å². The number of aliphatic hydroxyl groups excluding tert-OH is 1. The number of nitrogens with zero attached hydrogens (tertiary/aromatic N) is 3. The number of halogens is 3. The summed E-state index contributed by atoms with van der Waals surface area (Å²) in [6.45, 7) is 3.97. The monoisotopic (exact) mass is 413 g/mol. The number of likely N-dealkylation sites (tertiary alicyclic amines) is 1. The number of anilines is 1. The van der Waals surface area contributed by atoms with Crippen molar-refractivity contribution in [3.63, 3.8) is 0 Å². The molecule has 0 saturated carbocycles. The van der Waals surface area contributed by atoms with Crippen LogP contribution in [0.2, 0.25) is 0 Å². The molecule has 11 heteroatoms. The number of β-amino-alcohol motifs (C(OH)–C–C–N with tert-alkyl or cyclic N) is 1. The number of aliphatic hydroxyl groups is 1. The third-order valence-electron chi connectivity index (χ3n) is 4.86. The van der Waals surface area contributed by atoms with Crippen LogP contribution in [0, 0.1) is 17.5 Å². The highest BCUT2D eigenvalue weighted by Gasteiger charge is 2.36. The molecule has 1 atom stereocenters. The number of likely N-dealkylation sites (N-methyl/N-ethyl adjacent to an activating group) is 1. The number of nitrogens with one attached hydrogen (secondary N) is 2. The summed E-state index contributed by atoms with van der Waals surface area (Å²) >= 11 is 0. The number of piperazine rings is 1. The summed E-state index contributed by atoms with van der Waals surface area (Å²) in [4.78, 5) is 25.6. The van der Waals surface area contributed by atoms with E-state index in [0.717, 1.165) is 25.3 Å². The average Bonchev–Trinajstić information content (AvgIpc) is 3.22. The first-order valence-corrected chi connectivity index (χ1v) is 9.05. The van der Waals surface area contributed by atoms with Crippen LogP contribution in [-0.2, 0) is 9.59 Å². The fraction of sp³-hybridized carbons (Fsp3) is 0.444. The molecular weight excluding hydrogens is 391 g/mol. The van der Waals surface area contributed by atoms with Gasteiger partial charge in [-0.15, -0.1) is 0 Å². The maximum atomic E-state index is 12.4. The Morgan fingerprint density at radius 1 is 1.21 bits per heavy atom. The lowest BCUT2D eigenvalue weighted by Gasteiger charge is -2.33. The number of benzene rings is 1. The Kier molecular flexibility index (Phi) is 6.40. The molecule has 2 fully saturated rings. The lowest BCUT2D eigenvalue weighted by molar-refractivity contribution is -0.126. The Balaban J connectivity index is 0.000000177. The Labute approximate surface area is 165 Å². The number of carbonyl (C=O) groups is 2. The zero-order valence-corrected chi connectivity index (χ0v) is 15.8. The fourth-order valence-electron chi connectivity index (χ4n) is 3.43. The van der Waals surface area contributed by atoms with Gasteiger partial charge in [-0.05, 0) is 7.05 Å². The molecule has 0 aromatic heterocycles. The first-order chi connectivity index (χ1) is 13.8. The minimum atomic E-state index is -1.55. The van der Waals surface area contributed by atoms with E-state index in [2.05, 4.69) is 22.4 Å². The van der Waals surface area contributed by atoms with Crippen LogP contribution in [0.4, 0.5) is 18.9 Å². The molecule has 3 aliphatic rings. The molecule has 1 aromatic carbocycles. The van der Waals surface area contributed by atoms with Crippen LogP contribution >= 0.6 is 0 Å². The van der Waals surface area contributed by atoms with E-state index in [1.165, 1.54) is 5.70 Å². The number of fused-ring (bicyclic) bond motifs is 1. The van der Waals surface area contributed by atoms with Crippen molar-refractivity contribution >= 4 is 18.0 Å². The predicted octanol–water partition coefficient (Wildman–Crippen LogP) is 0.229. The third-order valence-corrected chi connectivity index (χ3v) is 4.86. The van der Waals surface area contributed by atoms with Gasteiger partial charge in [0.1, 0.15) is 0 Å². The summed E-state index contributed by atoms with van der Waals surface area (Å²) < 4.78 is 37.1. The van der Waals surface area contributed by atoms with Crippen LogP contribution in [0.3, 0.4) is 0 Å². The standard InChI is InChI=1S/C11H18N4O2.C7H4F3NO/c1-13-2-3-15-10(7-13)9(5-12-15)14-6-8(16)4-11(14)17;8-5-1-4(11-3-12)2-6(9)7(5)10/h8,12,16H,2-7H2,1H3;1-3H,(H,11,12). The molecule has 3 N–H and O–H groups in total. The Bertz CT molecular complexity index is 812. The van der Waals surface area contributed by atoms with E-state index in [-0.39, 0.29) is 24.4 Å². The molecule has 3 aliphatic heterocycles. The van der Waals surface area contributed by atoms with E-state index in [1.807, 2.05) is 5.32 Å². The van der Waals surface area contributed by atoms with Gasteiger partial charge in [-0.2, -0.15) is 0 Å². The second kappa shape index (κ2) is 8.80. The zero-order valence-electron chi connectivity index (χ0n) is 15.8. The minimum Gasteiger partial charge on any atom is -0.391 e. The highest BCUT2D eigenvalue weighted by molar-refractivity contribution is 5.81. The molecule has 8 nitrogen and oxygen atoms in total. The van der Waals surface area contributed by atoms with E-state index >= 15 is 0 Å². The number of hydrogen-bond acceptors (Lipinski definition) is 6.